The number of carbonyl (C=O) groups is 2. The number of benzene rings is 4. The number of esters is 1. The van der Waals surface area contributed by atoms with Crippen molar-refractivity contribution in [2.24, 2.45) is 0 Å². The molecule has 0 unspecified atom stereocenters. The minimum absolute atomic E-state index is 0.00142. The number of ether oxygens (including phenoxy) is 2. The summed E-state index contributed by atoms with van der Waals surface area (Å²) in [6, 6.07) is 28.8. The van der Waals surface area contributed by atoms with E-state index in [2.05, 4.69) is 32.9 Å². The van der Waals surface area contributed by atoms with Crippen LogP contribution in [0.4, 0.5) is 0 Å². The molecular weight excluding hydrogens is 460 g/mol. The summed E-state index contributed by atoms with van der Waals surface area (Å²) in [6.45, 7) is 8.18. The van der Waals surface area contributed by atoms with Gasteiger partial charge in [0.15, 0.2) is 5.76 Å². The van der Waals surface area contributed by atoms with Gasteiger partial charge in [0.05, 0.1) is 11.1 Å². The van der Waals surface area contributed by atoms with Gasteiger partial charge in [0.2, 0.25) is 5.78 Å². The third-order valence-corrected chi connectivity index (χ3v) is 6.46. The van der Waals surface area contributed by atoms with Crippen molar-refractivity contribution in [1.82, 2.24) is 0 Å². The predicted octanol–water partition coefficient (Wildman–Crippen LogP) is 7.79. The molecule has 0 radical (unpaired) electrons. The summed E-state index contributed by atoms with van der Waals surface area (Å²) in [5.74, 6) is 0.325. The number of ketones is 1. The van der Waals surface area contributed by atoms with Gasteiger partial charge < -0.3 is 9.47 Å². The van der Waals surface area contributed by atoms with E-state index in [9.17, 15) is 9.59 Å². The molecule has 0 amide bonds. The Morgan fingerprint density at radius 2 is 1.49 bits per heavy atom. The Hall–Kier alpha value is -4.44. The quantitative estimate of drug-likeness (QED) is 0.167. The summed E-state index contributed by atoms with van der Waals surface area (Å²) in [4.78, 5) is 25.8. The SMILES string of the molecule is Cc1cc(OC(=O)c2ccc(C(C)(C)C)cc2)cc2c1C(=O)/C(=C/c1ccc(-c3ccccc3)cc1)O2. The Balaban J connectivity index is 1.34. The standard InChI is InChI=1S/C33H28O4/c1-21-18-27(36-32(35)25-14-16-26(17-15-25)33(2,3)4)20-28-30(21)31(34)29(37-28)19-22-10-12-24(13-11-22)23-8-6-5-7-9-23/h5-20H,1-4H3/b29-19-. The predicted molar refractivity (Wildman–Crippen MR) is 146 cm³/mol. The molecule has 37 heavy (non-hydrogen) atoms. The van der Waals surface area contributed by atoms with Gasteiger partial charge >= 0.3 is 5.97 Å². The zero-order chi connectivity index (χ0) is 26.2. The molecule has 0 saturated heterocycles. The van der Waals surface area contributed by atoms with Crippen LogP contribution in [0, 0.1) is 6.92 Å². The average molecular weight is 489 g/mol. The van der Waals surface area contributed by atoms with Crippen molar-refractivity contribution in [3.8, 4) is 22.6 Å². The molecule has 4 aromatic carbocycles. The molecule has 0 atom stereocenters. The molecule has 0 bridgehead atoms. The number of hydrogen-bond acceptors (Lipinski definition) is 4. The lowest BCUT2D eigenvalue weighted by Crippen LogP contribution is -2.13. The highest BCUT2D eigenvalue weighted by atomic mass is 16.5. The van der Waals surface area contributed by atoms with Gasteiger partial charge in [0.25, 0.3) is 0 Å². The summed E-state index contributed by atoms with van der Waals surface area (Å²) in [5, 5.41) is 0. The Kier molecular flexibility index (Phi) is 6.26. The molecule has 5 rings (SSSR count). The fourth-order valence-electron chi connectivity index (χ4n) is 4.36. The molecule has 0 aliphatic carbocycles. The number of allylic oxidation sites excluding steroid dienone is 1. The Morgan fingerprint density at radius 3 is 2.14 bits per heavy atom. The van der Waals surface area contributed by atoms with Crippen LogP contribution >= 0.6 is 0 Å². The first-order chi connectivity index (χ1) is 17.7. The third kappa shape index (κ3) is 5.10. The molecule has 0 spiro atoms. The van der Waals surface area contributed by atoms with Crippen LogP contribution in [-0.2, 0) is 5.41 Å². The van der Waals surface area contributed by atoms with E-state index in [0.717, 1.165) is 22.3 Å². The summed E-state index contributed by atoms with van der Waals surface area (Å²) < 4.78 is 11.5. The summed E-state index contributed by atoms with van der Waals surface area (Å²) in [6.07, 6.45) is 1.74. The second-order valence-corrected chi connectivity index (χ2v) is 10.3. The number of fused-ring (bicyclic) bond motifs is 1. The first-order valence-corrected chi connectivity index (χ1v) is 12.3. The van der Waals surface area contributed by atoms with E-state index in [4.69, 9.17) is 9.47 Å². The summed E-state index contributed by atoms with van der Waals surface area (Å²) >= 11 is 0. The van der Waals surface area contributed by atoms with Crippen molar-refractivity contribution < 1.29 is 19.1 Å². The molecule has 4 aromatic rings. The van der Waals surface area contributed by atoms with Crippen LogP contribution in [0.3, 0.4) is 0 Å². The van der Waals surface area contributed by atoms with Gasteiger partial charge in [0.1, 0.15) is 11.5 Å². The van der Waals surface area contributed by atoms with Gasteiger partial charge in [-0.1, -0.05) is 87.5 Å². The fourth-order valence-corrected chi connectivity index (χ4v) is 4.36. The zero-order valence-corrected chi connectivity index (χ0v) is 21.4. The highest BCUT2D eigenvalue weighted by Crippen LogP contribution is 2.38. The van der Waals surface area contributed by atoms with Crippen LogP contribution in [0.15, 0.2) is 96.8 Å². The molecule has 1 aliphatic rings. The molecule has 0 saturated carbocycles. The van der Waals surface area contributed by atoms with Gasteiger partial charge in [-0.25, -0.2) is 4.79 Å². The first-order valence-electron chi connectivity index (χ1n) is 12.3. The first kappa shape index (κ1) is 24.3. The van der Waals surface area contributed by atoms with Crippen LogP contribution in [0.2, 0.25) is 0 Å². The minimum Gasteiger partial charge on any atom is -0.452 e. The van der Waals surface area contributed by atoms with Crippen LogP contribution < -0.4 is 9.47 Å². The number of aryl methyl sites for hydroxylation is 1. The molecule has 0 N–H and O–H groups in total. The smallest absolute Gasteiger partial charge is 0.343 e. The monoisotopic (exact) mass is 488 g/mol. The topological polar surface area (TPSA) is 52.6 Å². The maximum Gasteiger partial charge on any atom is 0.343 e. The van der Waals surface area contributed by atoms with Gasteiger partial charge in [-0.3, -0.25) is 4.79 Å². The third-order valence-electron chi connectivity index (χ3n) is 6.46. The van der Waals surface area contributed by atoms with Crippen molar-refractivity contribution in [2.45, 2.75) is 33.1 Å². The zero-order valence-electron chi connectivity index (χ0n) is 21.4. The normalized spacial score (nSPS) is 13.8. The molecule has 4 nitrogen and oxygen atoms in total. The van der Waals surface area contributed by atoms with Crippen molar-refractivity contribution >= 4 is 17.8 Å². The second-order valence-electron chi connectivity index (χ2n) is 10.3. The van der Waals surface area contributed by atoms with E-state index in [-0.39, 0.29) is 17.0 Å². The molecule has 184 valence electrons. The van der Waals surface area contributed by atoms with Gasteiger partial charge in [-0.2, -0.15) is 0 Å². The van der Waals surface area contributed by atoms with Gasteiger partial charge in [0, 0.05) is 6.07 Å². The molecule has 0 fully saturated rings. The number of hydrogen-bond donors (Lipinski definition) is 0. The van der Waals surface area contributed by atoms with Crippen LogP contribution in [0.5, 0.6) is 11.5 Å². The second kappa shape index (κ2) is 9.55. The highest BCUT2D eigenvalue weighted by Gasteiger charge is 2.30. The number of carbonyl (C=O) groups excluding carboxylic acids is 2. The Labute approximate surface area is 217 Å². The summed E-state index contributed by atoms with van der Waals surface area (Å²) in [7, 11) is 0. The van der Waals surface area contributed by atoms with Crippen LogP contribution in [0.25, 0.3) is 17.2 Å². The van der Waals surface area contributed by atoms with E-state index >= 15 is 0 Å². The lowest BCUT2D eigenvalue weighted by Gasteiger charge is -2.18. The van der Waals surface area contributed by atoms with Crippen LogP contribution in [0.1, 0.15) is 58.2 Å². The van der Waals surface area contributed by atoms with E-state index in [1.807, 2.05) is 61.5 Å². The molecular formula is C33H28O4. The maximum absolute atomic E-state index is 13.1. The van der Waals surface area contributed by atoms with Gasteiger partial charge in [-0.15, -0.1) is 0 Å². The highest BCUT2D eigenvalue weighted by molar-refractivity contribution is 6.15. The van der Waals surface area contributed by atoms with Crippen molar-refractivity contribution in [2.75, 3.05) is 0 Å². The molecule has 4 heteroatoms. The van der Waals surface area contributed by atoms with Crippen molar-refractivity contribution in [3.63, 3.8) is 0 Å². The number of Topliss-reactive ketones (excluding diaryl/α,β-unsaturated/α-hetero) is 1. The van der Waals surface area contributed by atoms with Crippen molar-refractivity contribution in [1.29, 1.82) is 0 Å². The maximum atomic E-state index is 13.1. The molecule has 0 aromatic heterocycles. The van der Waals surface area contributed by atoms with E-state index < -0.39 is 5.97 Å². The van der Waals surface area contributed by atoms with E-state index in [1.54, 1.807) is 30.3 Å². The van der Waals surface area contributed by atoms with Gasteiger partial charge in [-0.05, 0) is 64.4 Å². The van der Waals surface area contributed by atoms with Crippen LogP contribution in [-0.4, -0.2) is 11.8 Å². The Bertz CT molecular complexity index is 1500. The number of rotatable bonds is 4. The van der Waals surface area contributed by atoms with E-state index in [0.29, 0.717) is 28.2 Å². The minimum atomic E-state index is -0.460. The lowest BCUT2D eigenvalue weighted by atomic mass is 9.87. The largest absolute Gasteiger partial charge is 0.452 e. The molecule has 1 aliphatic heterocycles. The lowest BCUT2D eigenvalue weighted by molar-refractivity contribution is 0.0734. The fraction of sp³-hybridized carbons (Fsp3) is 0.152. The average Bonchev–Trinajstić information content (AvgIpc) is 3.19. The van der Waals surface area contributed by atoms with E-state index in [1.165, 1.54) is 0 Å². The van der Waals surface area contributed by atoms with Crippen molar-refractivity contribution in [3.05, 3.63) is 125 Å². The summed E-state index contributed by atoms with van der Waals surface area (Å²) in [5.41, 5.74) is 5.86. The Morgan fingerprint density at radius 1 is 0.838 bits per heavy atom. The molecule has 1 heterocycles.